The summed E-state index contributed by atoms with van der Waals surface area (Å²) in [5, 5.41) is 11.8. The molecule has 98 valence electrons. The van der Waals surface area contributed by atoms with Crippen molar-refractivity contribution < 1.29 is 14.7 Å². The molecule has 1 amide bonds. The molecule has 0 radical (unpaired) electrons. The van der Waals surface area contributed by atoms with Crippen molar-refractivity contribution in [2.75, 3.05) is 5.75 Å². The summed E-state index contributed by atoms with van der Waals surface area (Å²) in [4.78, 5) is 23.1. The number of amides is 1. The summed E-state index contributed by atoms with van der Waals surface area (Å²) in [6.07, 6.45) is 0.386. The van der Waals surface area contributed by atoms with Crippen molar-refractivity contribution in [3.63, 3.8) is 0 Å². The molecule has 2 N–H and O–H groups in total. The van der Waals surface area contributed by atoms with Gasteiger partial charge in [0.1, 0.15) is 0 Å². The number of thioether (sulfide) groups is 1. The third-order valence-corrected chi connectivity index (χ3v) is 3.23. The van der Waals surface area contributed by atoms with Gasteiger partial charge >= 0.3 is 5.97 Å². The molecule has 1 aromatic rings. The molecule has 0 saturated heterocycles. The molecule has 0 spiro atoms. The highest BCUT2D eigenvalue weighted by atomic mass is 32.2. The number of carboxylic acid groups (broad SMARTS) is 1. The maximum absolute atomic E-state index is 11.4. The van der Waals surface area contributed by atoms with Gasteiger partial charge in [0.25, 0.3) is 0 Å². The molecular formula is C13H17NO3S. The van der Waals surface area contributed by atoms with Gasteiger partial charge in [0.15, 0.2) is 0 Å². The van der Waals surface area contributed by atoms with Crippen LogP contribution in [0.3, 0.4) is 0 Å². The predicted octanol–water partition coefficient (Wildman–Crippen LogP) is 2.39. The summed E-state index contributed by atoms with van der Waals surface area (Å²) in [5.74, 6) is -0.377. The predicted molar refractivity (Wildman–Crippen MR) is 72.0 cm³/mol. The Balaban J connectivity index is 2.49. The minimum Gasteiger partial charge on any atom is -0.478 e. The van der Waals surface area contributed by atoms with Crippen LogP contribution < -0.4 is 5.32 Å². The molecule has 0 bridgehead atoms. The van der Waals surface area contributed by atoms with E-state index >= 15 is 0 Å². The molecule has 0 saturated carbocycles. The molecule has 0 unspecified atom stereocenters. The summed E-state index contributed by atoms with van der Waals surface area (Å²) in [7, 11) is 0. The van der Waals surface area contributed by atoms with E-state index in [2.05, 4.69) is 5.32 Å². The topological polar surface area (TPSA) is 66.4 Å². The number of aromatic carboxylic acids is 1. The van der Waals surface area contributed by atoms with Crippen LogP contribution in [0.25, 0.3) is 0 Å². The summed E-state index contributed by atoms with van der Waals surface area (Å²) >= 11 is 1.39. The number of hydrogen-bond acceptors (Lipinski definition) is 3. The van der Waals surface area contributed by atoms with Gasteiger partial charge in [0.2, 0.25) is 5.91 Å². The molecule has 0 aliphatic carbocycles. The number of rotatable bonds is 6. The van der Waals surface area contributed by atoms with Crippen LogP contribution in [0.5, 0.6) is 0 Å². The Labute approximate surface area is 111 Å². The Kier molecular flexibility index (Phi) is 5.71. The Hall–Kier alpha value is -1.49. The van der Waals surface area contributed by atoms with E-state index in [0.29, 0.717) is 17.1 Å². The second kappa shape index (κ2) is 7.06. The first kappa shape index (κ1) is 14.6. The van der Waals surface area contributed by atoms with E-state index < -0.39 is 5.97 Å². The fourth-order valence-corrected chi connectivity index (χ4v) is 2.41. The van der Waals surface area contributed by atoms with Crippen LogP contribution in [0.2, 0.25) is 0 Å². The Morgan fingerprint density at radius 1 is 1.33 bits per heavy atom. The summed E-state index contributed by atoms with van der Waals surface area (Å²) in [6.45, 7) is 3.82. The van der Waals surface area contributed by atoms with Crippen molar-refractivity contribution in [2.45, 2.75) is 31.2 Å². The van der Waals surface area contributed by atoms with Gasteiger partial charge in [-0.3, -0.25) is 4.79 Å². The Bertz CT molecular complexity index is 432. The lowest BCUT2D eigenvalue weighted by Crippen LogP contribution is -2.30. The van der Waals surface area contributed by atoms with Gasteiger partial charge in [0, 0.05) is 23.1 Å². The van der Waals surface area contributed by atoms with Gasteiger partial charge in [-0.1, -0.05) is 12.1 Å². The highest BCUT2D eigenvalue weighted by Crippen LogP contribution is 2.23. The van der Waals surface area contributed by atoms with E-state index in [9.17, 15) is 9.59 Å². The Morgan fingerprint density at radius 2 is 2.00 bits per heavy atom. The van der Waals surface area contributed by atoms with Crippen LogP contribution >= 0.6 is 11.8 Å². The molecule has 5 heteroatoms. The zero-order valence-corrected chi connectivity index (χ0v) is 11.3. The van der Waals surface area contributed by atoms with E-state index in [-0.39, 0.29) is 17.5 Å². The lowest BCUT2D eigenvalue weighted by Gasteiger charge is -2.08. The van der Waals surface area contributed by atoms with Crippen molar-refractivity contribution >= 4 is 23.6 Å². The zero-order valence-electron chi connectivity index (χ0n) is 10.5. The lowest BCUT2D eigenvalue weighted by molar-refractivity contribution is -0.121. The highest BCUT2D eigenvalue weighted by molar-refractivity contribution is 7.99. The summed E-state index contributed by atoms with van der Waals surface area (Å²) in [6, 6.07) is 6.95. The second-order valence-corrected chi connectivity index (χ2v) is 5.26. The van der Waals surface area contributed by atoms with Gasteiger partial charge < -0.3 is 10.4 Å². The summed E-state index contributed by atoms with van der Waals surface area (Å²) in [5.41, 5.74) is 0.284. The molecule has 0 aliphatic rings. The van der Waals surface area contributed by atoms with E-state index in [4.69, 9.17) is 5.11 Å². The number of carbonyl (C=O) groups excluding carboxylic acids is 1. The van der Waals surface area contributed by atoms with E-state index in [1.807, 2.05) is 13.8 Å². The monoisotopic (exact) mass is 267 g/mol. The minimum absolute atomic E-state index is 0.00898. The standard InChI is InChI=1S/C13H17NO3S/c1-9(2)14-12(15)7-8-18-11-6-4-3-5-10(11)13(16)17/h3-6,9H,7-8H2,1-2H3,(H,14,15)(H,16,17). The first-order chi connectivity index (χ1) is 8.50. The highest BCUT2D eigenvalue weighted by Gasteiger charge is 2.10. The van der Waals surface area contributed by atoms with Crippen LogP contribution in [-0.2, 0) is 4.79 Å². The second-order valence-electron chi connectivity index (χ2n) is 4.12. The molecule has 0 atom stereocenters. The molecule has 1 rings (SSSR count). The quantitative estimate of drug-likeness (QED) is 0.777. The van der Waals surface area contributed by atoms with Crippen molar-refractivity contribution in [3.05, 3.63) is 29.8 Å². The average Bonchev–Trinajstić information content (AvgIpc) is 2.28. The van der Waals surface area contributed by atoms with Crippen molar-refractivity contribution in [1.82, 2.24) is 5.32 Å². The van der Waals surface area contributed by atoms with E-state index in [0.717, 1.165) is 0 Å². The Morgan fingerprint density at radius 3 is 2.61 bits per heavy atom. The maximum atomic E-state index is 11.4. The van der Waals surface area contributed by atoms with Gasteiger partial charge in [-0.15, -0.1) is 11.8 Å². The fourth-order valence-electron chi connectivity index (χ4n) is 1.42. The van der Waals surface area contributed by atoms with E-state index in [1.165, 1.54) is 11.8 Å². The van der Waals surface area contributed by atoms with Gasteiger partial charge in [-0.05, 0) is 26.0 Å². The van der Waals surface area contributed by atoms with Crippen LogP contribution in [0, 0.1) is 0 Å². The van der Waals surface area contributed by atoms with Crippen molar-refractivity contribution in [3.8, 4) is 0 Å². The molecule has 0 aliphatic heterocycles. The molecule has 0 heterocycles. The summed E-state index contributed by atoms with van der Waals surface area (Å²) < 4.78 is 0. The maximum Gasteiger partial charge on any atom is 0.336 e. The van der Waals surface area contributed by atoms with Gasteiger partial charge in [-0.25, -0.2) is 4.79 Å². The van der Waals surface area contributed by atoms with E-state index in [1.54, 1.807) is 24.3 Å². The number of benzene rings is 1. The number of nitrogens with one attached hydrogen (secondary N) is 1. The minimum atomic E-state index is -0.940. The van der Waals surface area contributed by atoms with Crippen LogP contribution in [0.15, 0.2) is 29.2 Å². The van der Waals surface area contributed by atoms with Crippen LogP contribution in [0.4, 0.5) is 0 Å². The first-order valence-corrected chi connectivity index (χ1v) is 6.73. The largest absolute Gasteiger partial charge is 0.478 e. The first-order valence-electron chi connectivity index (χ1n) is 5.75. The fraction of sp³-hybridized carbons (Fsp3) is 0.385. The van der Waals surface area contributed by atoms with Crippen molar-refractivity contribution in [1.29, 1.82) is 0 Å². The lowest BCUT2D eigenvalue weighted by atomic mass is 10.2. The zero-order chi connectivity index (χ0) is 13.5. The number of hydrogen-bond donors (Lipinski definition) is 2. The molecular weight excluding hydrogens is 250 g/mol. The number of carbonyl (C=O) groups is 2. The molecule has 0 aromatic heterocycles. The number of carboxylic acids is 1. The van der Waals surface area contributed by atoms with Crippen LogP contribution in [0.1, 0.15) is 30.6 Å². The van der Waals surface area contributed by atoms with Crippen LogP contribution in [-0.4, -0.2) is 28.8 Å². The van der Waals surface area contributed by atoms with Crippen molar-refractivity contribution in [2.24, 2.45) is 0 Å². The molecule has 18 heavy (non-hydrogen) atoms. The smallest absolute Gasteiger partial charge is 0.336 e. The van der Waals surface area contributed by atoms with Gasteiger partial charge in [-0.2, -0.15) is 0 Å². The average molecular weight is 267 g/mol. The van der Waals surface area contributed by atoms with Gasteiger partial charge in [0.05, 0.1) is 5.56 Å². The SMILES string of the molecule is CC(C)NC(=O)CCSc1ccccc1C(=O)O. The molecule has 1 aromatic carbocycles. The third kappa shape index (κ3) is 4.79. The molecule has 4 nitrogen and oxygen atoms in total. The third-order valence-electron chi connectivity index (χ3n) is 2.15. The normalized spacial score (nSPS) is 10.4. The molecule has 0 fully saturated rings.